The Morgan fingerprint density at radius 3 is 2.71 bits per heavy atom. The first kappa shape index (κ1) is 19.6. The Balaban J connectivity index is 2.04. The number of aliphatic carboxylic acids is 1. The van der Waals surface area contributed by atoms with Crippen LogP contribution in [0.4, 0.5) is 22.9 Å². The van der Waals surface area contributed by atoms with Crippen molar-refractivity contribution in [1.82, 2.24) is 9.97 Å². The highest BCUT2D eigenvalue weighted by molar-refractivity contribution is 5.80. The number of rotatable bonds is 7. The van der Waals surface area contributed by atoms with Crippen LogP contribution in [0.1, 0.15) is 31.2 Å². The van der Waals surface area contributed by atoms with Crippen LogP contribution in [0.2, 0.25) is 0 Å². The van der Waals surface area contributed by atoms with E-state index < -0.39 is 5.97 Å². The van der Waals surface area contributed by atoms with Crippen LogP contribution in [0.15, 0.2) is 21.9 Å². The number of nitrogens with one attached hydrogen (secondary N) is 1. The maximum atomic E-state index is 12.4. The van der Waals surface area contributed by atoms with Crippen LogP contribution in [0.5, 0.6) is 0 Å². The number of carboxylic acid groups (broad SMARTS) is 1. The number of benzene rings is 1. The third-order valence-electron chi connectivity index (χ3n) is 4.75. The van der Waals surface area contributed by atoms with Crippen LogP contribution < -0.4 is 26.2 Å². The van der Waals surface area contributed by atoms with Gasteiger partial charge in [0, 0.05) is 32.7 Å². The number of anilines is 3. The summed E-state index contributed by atoms with van der Waals surface area (Å²) in [7, 11) is 3.96. The second-order valence-corrected chi connectivity index (χ2v) is 7.17. The topological polar surface area (TPSA) is 102 Å². The predicted molar refractivity (Wildman–Crippen MR) is 109 cm³/mol. The number of carboxylic acids is 1. The summed E-state index contributed by atoms with van der Waals surface area (Å²) in [6.07, 6.45) is 2.33. The number of carbonyl (C=O) groups is 1. The third kappa shape index (κ3) is 3.90. The summed E-state index contributed by atoms with van der Waals surface area (Å²) in [4.78, 5) is 38.8. The van der Waals surface area contributed by atoms with Gasteiger partial charge in [-0.05, 0) is 37.5 Å². The van der Waals surface area contributed by atoms with Gasteiger partial charge >= 0.3 is 5.97 Å². The maximum absolute atomic E-state index is 12.4. The number of aryl methyl sites for hydroxylation is 1. The molecule has 2 heterocycles. The summed E-state index contributed by atoms with van der Waals surface area (Å²) in [5, 5.41) is 9.09. The third-order valence-corrected chi connectivity index (χ3v) is 4.75. The molecule has 0 saturated carbocycles. The Morgan fingerprint density at radius 1 is 1.29 bits per heavy atom. The summed E-state index contributed by atoms with van der Waals surface area (Å²) in [5.74, 6) is -0.290. The molecular formula is C20H25N5O3. The van der Waals surface area contributed by atoms with E-state index >= 15 is 0 Å². The lowest BCUT2D eigenvalue weighted by Gasteiger charge is -2.30. The Bertz CT molecular complexity index is 1070. The van der Waals surface area contributed by atoms with Gasteiger partial charge in [-0.1, -0.05) is 13.0 Å². The Morgan fingerprint density at radius 2 is 2.04 bits per heavy atom. The van der Waals surface area contributed by atoms with E-state index in [9.17, 15) is 9.59 Å². The van der Waals surface area contributed by atoms with Crippen LogP contribution in [0, 0.1) is 6.92 Å². The largest absolute Gasteiger partial charge is 0.481 e. The lowest BCUT2D eigenvalue weighted by Crippen LogP contribution is -2.42. The molecular weight excluding hydrogens is 358 g/mol. The number of aromatic nitrogens is 2. The quantitative estimate of drug-likeness (QED) is 0.704. The predicted octanol–water partition coefficient (Wildman–Crippen LogP) is 1.60. The molecule has 0 fully saturated rings. The van der Waals surface area contributed by atoms with Gasteiger partial charge in [0.05, 0.1) is 11.4 Å². The number of aromatic amines is 1. The van der Waals surface area contributed by atoms with Gasteiger partial charge in [0.15, 0.2) is 11.2 Å². The molecule has 0 unspecified atom stereocenters. The van der Waals surface area contributed by atoms with Crippen molar-refractivity contribution in [1.29, 1.82) is 0 Å². The highest BCUT2D eigenvalue weighted by Crippen LogP contribution is 2.39. The van der Waals surface area contributed by atoms with Crippen LogP contribution >= 0.6 is 0 Å². The van der Waals surface area contributed by atoms with Crippen LogP contribution in [0.25, 0.3) is 6.58 Å². The molecule has 1 aromatic heterocycles. The van der Waals surface area contributed by atoms with E-state index in [0.29, 0.717) is 24.3 Å². The van der Waals surface area contributed by atoms with Crippen LogP contribution in [-0.4, -0.2) is 41.7 Å². The number of hydrogen-bond acceptors (Lipinski definition) is 6. The van der Waals surface area contributed by atoms with Crippen molar-refractivity contribution in [2.24, 2.45) is 4.99 Å². The molecule has 0 amide bonds. The fourth-order valence-electron chi connectivity index (χ4n) is 3.43. The van der Waals surface area contributed by atoms with Gasteiger partial charge in [-0.15, -0.1) is 0 Å². The first-order valence-corrected chi connectivity index (χ1v) is 9.27. The van der Waals surface area contributed by atoms with Gasteiger partial charge in [-0.2, -0.15) is 0 Å². The molecule has 8 nitrogen and oxygen atoms in total. The second kappa shape index (κ2) is 7.84. The van der Waals surface area contributed by atoms with Gasteiger partial charge in [-0.3, -0.25) is 9.59 Å². The summed E-state index contributed by atoms with van der Waals surface area (Å²) < 4.78 is 0. The normalized spacial score (nSPS) is 12.2. The molecule has 0 atom stereocenters. The van der Waals surface area contributed by atoms with Crippen LogP contribution in [-0.2, 0) is 4.79 Å². The molecule has 2 aromatic rings. The van der Waals surface area contributed by atoms with E-state index in [0.717, 1.165) is 35.5 Å². The minimum atomic E-state index is -0.784. The Hall–Kier alpha value is -3.16. The van der Waals surface area contributed by atoms with E-state index in [4.69, 9.17) is 5.11 Å². The zero-order valence-corrected chi connectivity index (χ0v) is 16.4. The number of unbranched alkanes of at least 4 members (excludes halogenated alkanes) is 2. The summed E-state index contributed by atoms with van der Waals surface area (Å²) in [5.41, 5.74) is 3.72. The molecule has 0 bridgehead atoms. The van der Waals surface area contributed by atoms with E-state index in [2.05, 4.69) is 27.6 Å². The maximum Gasteiger partial charge on any atom is 0.303 e. The molecule has 0 saturated heterocycles. The molecule has 1 aliphatic heterocycles. The molecule has 1 aromatic carbocycles. The SMILES string of the molecule is C=c1nc2c(c(=O)[nH]1)=Nc1cc(C)c(N(C)C)cc1N2CCCCCC(=O)O. The lowest BCUT2D eigenvalue weighted by atomic mass is 10.1. The lowest BCUT2D eigenvalue weighted by molar-refractivity contribution is -0.137. The first-order chi connectivity index (χ1) is 13.3. The first-order valence-electron chi connectivity index (χ1n) is 9.27. The summed E-state index contributed by atoms with van der Waals surface area (Å²) >= 11 is 0. The zero-order chi connectivity index (χ0) is 20.4. The molecule has 8 heteroatoms. The van der Waals surface area contributed by atoms with E-state index in [1.807, 2.05) is 36.9 Å². The van der Waals surface area contributed by atoms with Crippen molar-refractivity contribution in [2.45, 2.75) is 32.6 Å². The molecule has 0 aliphatic carbocycles. The summed E-state index contributed by atoms with van der Waals surface area (Å²) in [6, 6.07) is 4.03. The number of fused-ring (bicyclic) bond motifs is 2. The van der Waals surface area contributed by atoms with Crippen molar-refractivity contribution >= 4 is 35.4 Å². The number of hydrogen-bond donors (Lipinski definition) is 2. The molecule has 148 valence electrons. The van der Waals surface area contributed by atoms with Crippen molar-refractivity contribution in [2.75, 3.05) is 30.4 Å². The average molecular weight is 383 g/mol. The number of H-pyrrole nitrogens is 1. The van der Waals surface area contributed by atoms with Gasteiger partial charge in [0.2, 0.25) is 0 Å². The van der Waals surface area contributed by atoms with E-state index in [1.54, 1.807) is 0 Å². The standard InChI is InChI=1S/C20H25N5O3/c1-12-10-14-16(11-15(12)24(3)4)25(9-7-5-6-8-17(26)27)19-18(23-14)20(28)22-13(2)21-19/h10-11H,2,5-9H2,1,3-4H3,(H,22,28)(H,26,27). The molecule has 2 N–H and O–H groups in total. The molecule has 28 heavy (non-hydrogen) atoms. The molecule has 0 radical (unpaired) electrons. The summed E-state index contributed by atoms with van der Waals surface area (Å²) in [6.45, 7) is 6.38. The van der Waals surface area contributed by atoms with Gasteiger partial charge in [0.1, 0.15) is 5.48 Å². The van der Waals surface area contributed by atoms with Crippen molar-refractivity contribution in [3.63, 3.8) is 0 Å². The highest BCUT2D eigenvalue weighted by atomic mass is 16.4. The minimum absolute atomic E-state index is 0.160. The van der Waals surface area contributed by atoms with Gasteiger partial charge in [0.25, 0.3) is 5.56 Å². The fourth-order valence-corrected chi connectivity index (χ4v) is 3.43. The van der Waals surface area contributed by atoms with E-state index in [-0.39, 0.29) is 17.3 Å². The number of nitrogens with zero attached hydrogens (tertiary/aromatic N) is 4. The van der Waals surface area contributed by atoms with Crippen LogP contribution in [0.3, 0.4) is 0 Å². The van der Waals surface area contributed by atoms with Crippen molar-refractivity contribution in [3.8, 4) is 0 Å². The van der Waals surface area contributed by atoms with Gasteiger partial charge < -0.3 is 19.9 Å². The smallest absolute Gasteiger partial charge is 0.303 e. The van der Waals surface area contributed by atoms with Gasteiger partial charge in [-0.25, -0.2) is 9.98 Å². The molecule has 3 rings (SSSR count). The second-order valence-electron chi connectivity index (χ2n) is 7.17. The monoisotopic (exact) mass is 383 g/mol. The fraction of sp³-hybridized carbons (Fsp3) is 0.400. The highest BCUT2D eigenvalue weighted by Gasteiger charge is 2.24. The van der Waals surface area contributed by atoms with E-state index in [1.165, 1.54) is 0 Å². The molecule has 1 aliphatic rings. The minimum Gasteiger partial charge on any atom is -0.481 e. The van der Waals surface area contributed by atoms with Crippen molar-refractivity contribution in [3.05, 3.63) is 38.9 Å². The Kier molecular flexibility index (Phi) is 5.48. The average Bonchev–Trinajstić information content (AvgIpc) is 2.60. The van der Waals surface area contributed by atoms with Crippen molar-refractivity contribution < 1.29 is 9.90 Å². The Labute approximate surface area is 162 Å². The molecule has 0 spiro atoms. The zero-order valence-electron chi connectivity index (χ0n) is 16.4.